The first-order chi connectivity index (χ1) is 8.35. The molecule has 2 aliphatic heterocycles. The predicted octanol–water partition coefficient (Wildman–Crippen LogP) is 0.412. The van der Waals surface area contributed by atoms with Crippen LogP contribution in [0.3, 0.4) is 0 Å². The number of hydrogen-bond donors (Lipinski definition) is 1. The fourth-order valence-corrected chi connectivity index (χ4v) is 2.66. The highest BCUT2D eigenvalue weighted by Crippen LogP contribution is 2.20. The number of nitrogens with zero attached hydrogens (tertiary/aromatic N) is 3. The third-order valence-electron chi connectivity index (χ3n) is 3.75. The van der Waals surface area contributed by atoms with E-state index >= 15 is 0 Å². The van der Waals surface area contributed by atoms with Crippen LogP contribution in [-0.4, -0.2) is 39.7 Å². The van der Waals surface area contributed by atoms with Crippen molar-refractivity contribution in [3.8, 4) is 0 Å². The van der Waals surface area contributed by atoms with Crippen molar-refractivity contribution in [2.45, 2.75) is 32.2 Å². The summed E-state index contributed by atoms with van der Waals surface area (Å²) in [7, 11) is 0. The van der Waals surface area contributed by atoms with Crippen LogP contribution < -0.4 is 0 Å². The SMILES string of the molecule is OCC1CCc2nc(CC3CCOC3)nn2C1. The van der Waals surface area contributed by atoms with Crippen LogP contribution in [-0.2, 0) is 24.1 Å². The van der Waals surface area contributed by atoms with E-state index in [1.807, 2.05) is 4.68 Å². The summed E-state index contributed by atoms with van der Waals surface area (Å²) in [6.07, 6.45) is 4.04. The van der Waals surface area contributed by atoms with Gasteiger partial charge in [0.2, 0.25) is 0 Å². The zero-order valence-corrected chi connectivity index (χ0v) is 10.0. The standard InChI is InChI=1S/C12H19N3O2/c16-7-10-1-2-12-13-11(14-15(12)6-10)5-9-3-4-17-8-9/h9-10,16H,1-8H2. The second kappa shape index (κ2) is 4.74. The molecule has 0 aliphatic carbocycles. The normalized spacial score (nSPS) is 28.3. The van der Waals surface area contributed by atoms with Gasteiger partial charge in [-0.2, -0.15) is 5.10 Å². The molecule has 0 bridgehead atoms. The predicted molar refractivity (Wildman–Crippen MR) is 61.5 cm³/mol. The van der Waals surface area contributed by atoms with Crippen molar-refractivity contribution in [1.82, 2.24) is 14.8 Å². The Morgan fingerprint density at radius 1 is 1.35 bits per heavy atom. The summed E-state index contributed by atoms with van der Waals surface area (Å²) >= 11 is 0. The number of fused-ring (bicyclic) bond motifs is 1. The molecule has 0 amide bonds. The van der Waals surface area contributed by atoms with Gasteiger partial charge in [0.05, 0.1) is 0 Å². The van der Waals surface area contributed by atoms with Crippen LogP contribution in [0.25, 0.3) is 0 Å². The minimum atomic E-state index is 0.255. The van der Waals surface area contributed by atoms with Gasteiger partial charge >= 0.3 is 0 Å². The molecule has 1 N–H and O–H groups in total. The second-order valence-electron chi connectivity index (χ2n) is 5.15. The van der Waals surface area contributed by atoms with Gasteiger partial charge in [-0.15, -0.1) is 0 Å². The van der Waals surface area contributed by atoms with E-state index < -0.39 is 0 Å². The molecule has 2 unspecified atom stereocenters. The molecular weight excluding hydrogens is 218 g/mol. The number of rotatable bonds is 3. The van der Waals surface area contributed by atoms with Gasteiger partial charge in [0, 0.05) is 45.1 Å². The molecular formula is C12H19N3O2. The molecule has 5 nitrogen and oxygen atoms in total. The summed E-state index contributed by atoms with van der Waals surface area (Å²) in [5.74, 6) is 2.98. The van der Waals surface area contributed by atoms with Gasteiger partial charge in [-0.25, -0.2) is 9.67 Å². The second-order valence-corrected chi connectivity index (χ2v) is 5.15. The third-order valence-corrected chi connectivity index (χ3v) is 3.75. The Hall–Kier alpha value is -0.940. The Bertz CT molecular complexity index is 385. The van der Waals surface area contributed by atoms with E-state index in [0.29, 0.717) is 11.8 Å². The first-order valence-electron chi connectivity index (χ1n) is 6.46. The van der Waals surface area contributed by atoms with E-state index in [1.165, 1.54) is 0 Å². The summed E-state index contributed by atoms with van der Waals surface area (Å²) in [5, 5.41) is 13.7. The molecule has 1 aromatic rings. The molecule has 1 saturated heterocycles. The third kappa shape index (κ3) is 2.35. The fraction of sp³-hybridized carbons (Fsp3) is 0.833. The van der Waals surface area contributed by atoms with Crippen LogP contribution in [0.2, 0.25) is 0 Å². The number of aliphatic hydroxyl groups is 1. The molecule has 0 saturated carbocycles. The highest BCUT2D eigenvalue weighted by atomic mass is 16.5. The van der Waals surface area contributed by atoms with Crippen LogP contribution in [0, 0.1) is 11.8 Å². The molecule has 17 heavy (non-hydrogen) atoms. The zero-order chi connectivity index (χ0) is 11.7. The van der Waals surface area contributed by atoms with Crippen molar-refractivity contribution in [3.05, 3.63) is 11.6 Å². The van der Waals surface area contributed by atoms with Crippen LogP contribution in [0.15, 0.2) is 0 Å². The largest absolute Gasteiger partial charge is 0.396 e. The topological polar surface area (TPSA) is 60.2 Å². The fourth-order valence-electron chi connectivity index (χ4n) is 2.66. The van der Waals surface area contributed by atoms with E-state index in [4.69, 9.17) is 4.74 Å². The Labute approximate surface area is 101 Å². The van der Waals surface area contributed by atoms with Gasteiger partial charge in [-0.1, -0.05) is 0 Å². The molecule has 0 spiro atoms. The maximum Gasteiger partial charge on any atom is 0.151 e. The highest BCUT2D eigenvalue weighted by Gasteiger charge is 2.23. The van der Waals surface area contributed by atoms with Crippen molar-refractivity contribution in [2.75, 3.05) is 19.8 Å². The number of ether oxygens (including phenoxy) is 1. The molecule has 3 rings (SSSR count). The Morgan fingerprint density at radius 3 is 3.06 bits per heavy atom. The van der Waals surface area contributed by atoms with Crippen LogP contribution in [0.1, 0.15) is 24.5 Å². The summed E-state index contributed by atoms with van der Waals surface area (Å²) in [4.78, 5) is 4.60. The molecule has 0 radical (unpaired) electrons. The van der Waals surface area contributed by atoms with E-state index in [-0.39, 0.29) is 6.61 Å². The lowest BCUT2D eigenvalue weighted by atomic mass is 10.0. The zero-order valence-electron chi connectivity index (χ0n) is 10.0. The Balaban J connectivity index is 1.69. The first kappa shape index (κ1) is 11.2. The van der Waals surface area contributed by atoms with Gasteiger partial charge in [0.25, 0.3) is 0 Å². The van der Waals surface area contributed by atoms with E-state index in [2.05, 4.69) is 10.1 Å². The summed E-state index contributed by atoms with van der Waals surface area (Å²) in [6, 6.07) is 0. The molecule has 0 aromatic carbocycles. The average Bonchev–Trinajstić information content (AvgIpc) is 2.96. The molecule has 1 fully saturated rings. The Morgan fingerprint density at radius 2 is 2.29 bits per heavy atom. The first-order valence-corrected chi connectivity index (χ1v) is 6.46. The van der Waals surface area contributed by atoms with Crippen molar-refractivity contribution >= 4 is 0 Å². The number of aromatic nitrogens is 3. The summed E-state index contributed by atoms with van der Waals surface area (Å²) < 4.78 is 7.35. The van der Waals surface area contributed by atoms with Crippen molar-refractivity contribution in [2.24, 2.45) is 11.8 Å². The van der Waals surface area contributed by atoms with Crippen LogP contribution in [0.4, 0.5) is 0 Å². The van der Waals surface area contributed by atoms with Gasteiger partial charge in [0.1, 0.15) is 5.82 Å². The summed E-state index contributed by atoms with van der Waals surface area (Å²) in [5.41, 5.74) is 0. The molecule has 3 heterocycles. The van der Waals surface area contributed by atoms with Crippen molar-refractivity contribution in [1.29, 1.82) is 0 Å². The maximum atomic E-state index is 9.18. The molecule has 94 valence electrons. The lowest BCUT2D eigenvalue weighted by Crippen LogP contribution is -2.23. The lowest BCUT2D eigenvalue weighted by molar-refractivity contribution is 0.184. The van der Waals surface area contributed by atoms with Crippen LogP contribution >= 0.6 is 0 Å². The average molecular weight is 237 g/mol. The Kier molecular flexibility index (Phi) is 3.11. The van der Waals surface area contributed by atoms with E-state index in [0.717, 1.165) is 57.1 Å². The van der Waals surface area contributed by atoms with Gasteiger partial charge in [-0.3, -0.25) is 0 Å². The molecule has 2 atom stereocenters. The molecule has 1 aromatic heterocycles. The molecule has 2 aliphatic rings. The van der Waals surface area contributed by atoms with Crippen molar-refractivity contribution < 1.29 is 9.84 Å². The minimum absolute atomic E-state index is 0.255. The number of aryl methyl sites for hydroxylation is 1. The lowest BCUT2D eigenvalue weighted by Gasteiger charge is -2.19. The van der Waals surface area contributed by atoms with Gasteiger partial charge < -0.3 is 9.84 Å². The quantitative estimate of drug-likeness (QED) is 0.827. The smallest absolute Gasteiger partial charge is 0.151 e. The van der Waals surface area contributed by atoms with Crippen molar-refractivity contribution in [3.63, 3.8) is 0 Å². The summed E-state index contributed by atoms with van der Waals surface area (Å²) in [6.45, 7) is 2.80. The van der Waals surface area contributed by atoms with Crippen LogP contribution in [0.5, 0.6) is 0 Å². The monoisotopic (exact) mass is 237 g/mol. The molecule has 5 heteroatoms. The highest BCUT2D eigenvalue weighted by molar-refractivity contribution is 4.98. The van der Waals surface area contributed by atoms with E-state index in [9.17, 15) is 5.11 Å². The maximum absolute atomic E-state index is 9.18. The van der Waals surface area contributed by atoms with Gasteiger partial charge in [-0.05, 0) is 18.8 Å². The number of hydrogen-bond acceptors (Lipinski definition) is 4. The number of aliphatic hydroxyl groups excluding tert-OH is 1. The minimum Gasteiger partial charge on any atom is -0.396 e. The van der Waals surface area contributed by atoms with Gasteiger partial charge in [0.15, 0.2) is 5.82 Å². The van der Waals surface area contributed by atoms with E-state index in [1.54, 1.807) is 0 Å².